The van der Waals surface area contributed by atoms with Crippen molar-refractivity contribution in [3.05, 3.63) is 126 Å². The SMILES string of the molecule is C=CCN1CCC(N(C)C)c2cccc(CS(=O)c3nc4cc(OC)c(F)cc4[nH]3)c21.C=CCN1CCC(N(C)C)c2cccc(CS(=O)c3nc4ccc(C(C)=O)cc4[nH]3)c21. The number of hydrogen-bond donors (Lipinski definition) is 2. The number of nitrogens with zero attached hydrogens (tertiary/aromatic N) is 6. The maximum atomic E-state index is 14.0. The Kier molecular flexibility index (Phi) is 13.9. The van der Waals surface area contributed by atoms with Gasteiger partial charge in [0.1, 0.15) is 0 Å². The van der Waals surface area contributed by atoms with Gasteiger partial charge in [0, 0.05) is 67.3 Å². The zero-order valence-electron chi connectivity index (χ0n) is 36.2. The lowest BCUT2D eigenvalue weighted by atomic mass is 9.93. The van der Waals surface area contributed by atoms with Gasteiger partial charge < -0.3 is 34.3 Å². The molecule has 0 saturated heterocycles. The van der Waals surface area contributed by atoms with Gasteiger partial charge in [-0.25, -0.2) is 14.4 Å². The molecule has 15 heteroatoms. The van der Waals surface area contributed by atoms with Crippen molar-refractivity contribution in [1.82, 2.24) is 29.7 Å². The second-order valence-electron chi connectivity index (χ2n) is 16.1. The van der Waals surface area contributed by atoms with E-state index in [0.717, 1.165) is 67.0 Å². The first kappa shape index (κ1) is 44.6. The first-order valence-corrected chi connectivity index (χ1v) is 23.2. The van der Waals surface area contributed by atoms with Crippen molar-refractivity contribution in [3.8, 4) is 5.75 Å². The number of halogens is 1. The molecule has 62 heavy (non-hydrogen) atoms. The second-order valence-corrected chi connectivity index (χ2v) is 18.8. The predicted molar refractivity (Wildman–Crippen MR) is 249 cm³/mol. The molecule has 4 aromatic carbocycles. The second kappa shape index (κ2) is 19.3. The number of para-hydroxylation sites is 2. The Hall–Kier alpha value is -5.48. The van der Waals surface area contributed by atoms with Crippen LogP contribution >= 0.6 is 0 Å². The van der Waals surface area contributed by atoms with Crippen LogP contribution < -0.4 is 14.5 Å². The highest BCUT2D eigenvalue weighted by Crippen LogP contribution is 2.41. The molecule has 4 atom stereocenters. The van der Waals surface area contributed by atoms with E-state index < -0.39 is 27.4 Å². The number of carbonyl (C=O) groups is 1. The van der Waals surface area contributed by atoms with E-state index in [1.54, 1.807) is 18.2 Å². The van der Waals surface area contributed by atoms with Crippen LogP contribution in [0.3, 0.4) is 0 Å². The smallest absolute Gasteiger partial charge is 0.197 e. The Morgan fingerprint density at radius 2 is 1.29 bits per heavy atom. The molecule has 2 aliphatic heterocycles. The van der Waals surface area contributed by atoms with Gasteiger partial charge in [0.2, 0.25) is 0 Å². The Morgan fingerprint density at radius 1 is 0.790 bits per heavy atom. The van der Waals surface area contributed by atoms with Gasteiger partial charge in [-0.2, -0.15) is 0 Å². The number of aromatic nitrogens is 4. The average Bonchev–Trinajstić information content (AvgIpc) is 3.88. The number of Topliss-reactive ketones (excluding diaryl/α,β-unsaturated/α-hetero) is 1. The van der Waals surface area contributed by atoms with E-state index in [2.05, 4.69) is 105 Å². The van der Waals surface area contributed by atoms with Crippen LogP contribution in [0.4, 0.5) is 15.8 Å². The molecule has 2 aliphatic rings. The molecule has 12 nitrogen and oxygen atoms in total. The molecule has 0 fully saturated rings. The van der Waals surface area contributed by atoms with Gasteiger partial charge in [0.15, 0.2) is 27.7 Å². The fraction of sp³-hybridized carbons (Fsp3) is 0.340. The molecule has 4 heterocycles. The van der Waals surface area contributed by atoms with Gasteiger partial charge in [-0.15, -0.1) is 13.2 Å². The monoisotopic (exact) mass is 878 g/mol. The highest BCUT2D eigenvalue weighted by molar-refractivity contribution is 7.84. The summed E-state index contributed by atoms with van der Waals surface area (Å²) in [5.74, 6) is 0.311. The molecule has 0 bridgehead atoms. The first-order chi connectivity index (χ1) is 29.8. The molecule has 2 N–H and O–H groups in total. The molecule has 0 amide bonds. The van der Waals surface area contributed by atoms with Crippen molar-refractivity contribution in [2.75, 3.05) is 71.3 Å². The average molecular weight is 879 g/mol. The van der Waals surface area contributed by atoms with E-state index in [0.29, 0.717) is 56.0 Å². The highest BCUT2D eigenvalue weighted by Gasteiger charge is 2.30. The topological polar surface area (TPSA) is 131 Å². The number of carbonyl (C=O) groups excluding carboxylic acids is 1. The van der Waals surface area contributed by atoms with Gasteiger partial charge in [-0.05, 0) is 88.4 Å². The lowest BCUT2D eigenvalue weighted by Crippen LogP contribution is -2.36. The lowest BCUT2D eigenvalue weighted by Gasteiger charge is -2.39. The standard InChI is InChI=1S/C24H28N4O2S.C23H27FN4O2S/c1-5-12-28-13-11-22(27(3)4)19-8-6-7-18(23(19)28)15-31(30)24-25-20-10-9-17(16(2)29)14-21(20)26-24;1-5-10-28-11-9-20(27(2)3)16-8-6-7-15(22(16)28)14-31(29)23-25-18-12-17(24)21(30-4)13-19(18)26-23/h5-10,14,22H,1,11-13,15H2,2-4H3,(H,25,26);5-8,12-13,20H,1,9-11,14H2,2-4H3,(H,25,26). The molecular formula is C47H55FN8O4S2. The fourth-order valence-corrected chi connectivity index (χ4v) is 10.7. The molecule has 6 aromatic rings. The molecule has 0 saturated carbocycles. The number of benzene rings is 4. The summed E-state index contributed by atoms with van der Waals surface area (Å²) in [7, 11) is 7.03. The quantitative estimate of drug-likeness (QED) is 0.0818. The summed E-state index contributed by atoms with van der Waals surface area (Å²) in [4.78, 5) is 35.9. The number of ether oxygens (including phenoxy) is 1. The molecular weight excluding hydrogens is 824 g/mol. The van der Waals surface area contributed by atoms with E-state index >= 15 is 0 Å². The lowest BCUT2D eigenvalue weighted by molar-refractivity contribution is 0.101. The Labute approximate surface area is 367 Å². The van der Waals surface area contributed by atoms with Crippen LogP contribution in [0, 0.1) is 5.82 Å². The number of anilines is 2. The van der Waals surface area contributed by atoms with Gasteiger partial charge in [-0.3, -0.25) is 13.2 Å². The maximum Gasteiger partial charge on any atom is 0.197 e. The van der Waals surface area contributed by atoms with E-state index in [4.69, 9.17) is 4.74 Å². The highest BCUT2D eigenvalue weighted by atomic mass is 32.2. The summed E-state index contributed by atoms with van der Waals surface area (Å²) in [5.41, 5.74) is 9.93. The van der Waals surface area contributed by atoms with Crippen molar-refractivity contribution in [2.24, 2.45) is 0 Å². The summed E-state index contributed by atoms with van der Waals surface area (Å²) in [6, 6.07) is 21.3. The number of methoxy groups -OCH3 is 1. The third kappa shape index (κ3) is 9.31. The van der Waals surface area contributed by atoms with Crippen LogP contribution in [0.15, 0.2) is 102 Å². The Balaban J connectivity index is 0.000000186. The minimum atomic E-state index is -1.42. The first-order valence-electron chi connectivity index (χ1n) is 20.6. The Bertz CT molecular complexity index is 2680. The maximum absolute atomic E-state index is 14.0. The van der Waals surface area contributed by atoms with E-state index in [9.17, 15) is 17.6 Å². The molecule has 0 radical (unpaired) electrons. The summed E-state index contributed by atoms with van der Waals surface area (Å²) in [6.45, 7) is 12.7. The number of H-pyrrole nitrogens is 2. The van der Waals surface area contributed by atoms with E-state index in [1.165, 1.54) is 37.3 Å². The Morgan fingerprint density at radius 3 is 1.76 bits per heavy atom. The summed E-state index contributed by atoms with van der Waals surface area (Å²) in [6.07, 6.45) is 5.88. The van der Waals surface area contributed by atoms with Crippen molar-refractivity contribution >= 4 is 60.8 Å². The normalized spacial score (nSPS) is 17.0. The number of imidazole rings is 2. The molecule has 326 valence electrons. The molecule has 2 aromatic heterocycles. The summed E-state index contributed by atoms with van der Waals surface area (Å²) >= 11 is 0. The van der Waals surface area contributed by atoms with E-state index in [1.807, 2.05) is 24.3 Å². The van der Waals surface area contributed by atoms with Crippen LogP contribution in [0.1, 0.15) is 64.5 Å². The predicted octanol–water partition coefficient (Wildman–Crippen LogP) is 8.09. The minimum Gasteiger partial charge on any atom is -0.494 e. The third-order valence-corrected chi connectivity index (χ3v) is 13.9. The van der Waals surface area contributed by atoms with Gasteiger partial charge in [0.05, 0.1) is 62.3 Å². The molecule has 4 unspecified atom stereocenters. The van der Waals surface area contributed by atoms with E-state index in [-0.39, 0.29) is 11.5 Å². The van der Waals surface area contributed by atoms with Gasteiger partial charge in [-0.1, -0.05) is 48.6 Å². The number of ketones is 1. The third-order valence-electron chi connectivity index (χ3n) is 11.5. The van der Waals surface area contributed by atoms with Gasteiger partial charge in [0.25, 0.3) is 0 Å². The number of rotatable bonds is 14. The van der Waals surface area contributed by atoms with Crippen LogP contribution in [-0.2, 0) is 33.1 Å². The van der Waals surface area contributed by atoms with Crippen LogP contribution in [0.2, 0.25) is 0 Å². The number of fused-ring (bicyclic) bond motifs is 4. The summed E-state index contributed by atoms with van der Waals surface area (Å²) in [5, 5.41) is 0.763. The summed E-state index contributed by atoms with van der Waals surface area (Å²) < 4.78 is 45.5. The van der Waals surface area contributed by atoms with Crippen molar-refractivity contribution in [2.45, 2.75) is 53.7 Å². The largest absolute Gasteiger partial charge is 0.494 e. The number of nitrogens with one attached hydrogen (secondary N) is 2. The zero-order chi connectivity index (χ0) is 44.2. The van der Waals surface area contributed by atoms with Crippen LogP contribution in [-0.4, -0.2) is 105 Å². The van der Waals surface area contributed by atoms with Crippen molar-refractivity contribution in [1.29, 1.82) is 0 Å². The minimum absolute atomic E-state index is 0.00663. The fourth-order valence-electron chi connectivity index (χ4n) is 8.59. The van der Waals surface area contributed by atoms with Crippen molar-refractivity contribution < 1.29 is 22.3 Å². The van der Waals surface area contributed by atoms with Crippen molar-refractivity contribution in [3.63, 3.8) is 0 Å². The molecule has 0 spiro atoms. The van der Waals surface area contributed by atoms with Gasteiger partial charge >= 0.3 is 0 Å². The zero-order valence-corrected chi connectivity index (χ0v) is 37.9. The van der Waals surface area contributed by atoms with Crippen LogP contribution in [0.25, 0.3) is 22.1 Å². The number of hydrogen-bond acceptors (Lipinski definition) is 10. The molecule has 0 aliphatic carbocycles. The molecule has 8 rings (SSSR count). The van der Waals surface area contributed by atoms with Crippen LogP contribution in [0.5, 0.6) is 5.75 Å². The number of aromatic amines is 2.